The molecule has 250 valence electrons. The van der Waals surface area contributed by atoms with E-state index in [-0.39, 0.29) is 0 Å². The molecule has 0 bridgehead atoms. The minimum atomic E-state index is 0.934. The van der Waals surface area contributed by atoms with Crippen LogP contribution in [0.15, 0.2) is 194 Å². The fourth-order valence-corrected chi connectivity index (χ4v) is 8.32. The van der Waals surface area contributed by atoms with E-state index in [0.717, 1.165) is 50.2 Å². The van der Waals surface area contributed by atoms with E-state index in [9.17, 15) is 0 Å². The fraction of sp³-hybridized carbons (Fsp3) is 0. The van der Waals surface area contributed by atoms with Crippen molar-refractivity contribution < 1.29 is 0 Å². The van der Waals surface area contributed by atoms with Crippen LogP contribution in [0, 0.1) is 0 Å². The lowest BCUT2D eigenvalue weighted by Crippen LogP contribution is -1.94. The third kappa shape index (κ3) is 4.96. The Morgan fingerprint density at radius 1 is 0.259 bits per heavy atom. The molecular formula is C52H32N2. The van der Waals surface area contributed by atoms with Gasteiger partial charge in [-0.15, -0.1) is 0 Å². The van der Waals surface area contributed by atoms with Gasteiger partial charge in [0.1, 0.15) is 0 Å². The van der Waals surface area contributed by atoms with Gasteiger partial charge in [-0.05, 0) is 78.5 Å². The molecule has 11 rings (SSSR count). The number of fused-ring (bicyclic) bond motifs is 10. The van der Waals surface area contributed by atoms with Gasteiger partial charge in [0, 0.05) is 32.8 Å². The van der Waals surface area contributed by atoms with Crippen molar-refractivity contribution in [3.63, 3.8) is 0 Å². The summed E-state index contributed by atoms with van der Waals surface area (Å²) in [5, 5.41) is 13.3. The molecule has 54 heavy (non-hydrogen) atoms. The van der Waals surface area contributed by atoms with Crippen LogP contribution in [0.5, 0.6) is 0 Å². The zero-order valence-electron chi connectivity index (χ0n) is 29.4. The van der Waals surface area contributed by atoms with E-state index < -0.39 is 0 Å². The molecule has 0 fully saturated rings. The summed E-state index contributed by atoms with van der Waals surface area (Å²) in [7, 11) is 0. The molecule has 2 nitrogen and oxygen atoms in total. The largest absolute Gasteiger partial charge is 0.248 e. The molecular weight excluding hydrogens is 653 g/mol. The van der Waals surface area contributed by atoms with Gasteiger partial charge >= 0.3 is 0 Å². The van der Waals surface area contributed by atoms with E-state index >= 15 is 0 Å². The van der Waals surface area contributed by atoms with Crippen LogP contribution in [0.4, 0.5) is 0 Å². The highest BCUT2D eigenvalue weighted by Gasteiger charge is 2.17. The van der Waals surface area contributed by atoms with Crippen molar-refractivity contribution in [2.75, 3.05) is 0 Å². The minimum Gasteiger partial charge on any atom is -0.248 e. The Hall–Kier alpha value is -7.16. The van der Waals surface area contributed by atoms with Crippen LogP contribution in [0.2, 0.25) is 0 Å². The molecule has 0 spiro atoms. The van der Waals surface area contributed by atoms with Gasteiger partial charge in [0.15, 0.2) is 0 Å². The van der Waals surface area contributed by atoms with Crippen molar-refractivity contribution >= 4 is 64.8 Å². The van der Waals surface area contributed by atoms with Crippen LogP contribution < -0.4 is 0 Å². The van der Waals surface area contributed by atoms with Crippen LogP contribution in [0.3, 0.4) is 0 Å². The summed E-state index contributed by atoms with van der Waals surface area (Å²) in [6.45, 7) is 0. The maximum atomic E-state index is 5.50. The van der Waals surface area contributed by atoms with Crippen molar-refractivity contribution in [3.05, 3.63) is 194 Å². The van der Waals surface area contributed by atoms with Gasteiger partial charge < -0.3 is 0 Å². The second kappa shape index (κ2) is 12.2. The van der Waals surface area contributed by atoms with Crippen LogP contribution in [-0.4, -0.2) is 9.97 Å². The number of hydrogen-bond acceptors (Lipinski definition) is 2. The van der Waals surface area contributed by atoms with E-state index in [1.54, 1.807) is 0 Å². The van der Waals surface area contributed by atoms with Crippen LogP contribution >= 0.6 is 0 Å². The molecule has 0 N–H and O–H groups in total. The Labute approximate surface area is 312 Å². The third-order valence-corrected chi connectivity index (χ3v) is 11.0. The fourth-order valence-electron chi connectivity index (χ4n) is 8.32. The number of nitrogens with zero attached hydrogens (tertiary/aromatic N) is 2. The van der Waals surface area contributed by atoms with Gasteiger partial charge in [-0.2, -0.15) is 0 Å². The Morgan fingerprint density at radius 3 is 1.37 bits per heavy atom. The summed E-state index contributed by atoms with van der Waals surface area (Å²) >= 11 is 0. The van der Waals surface area contributed by atoms with Crippen molar-refractivity contribution in [2.24, 2.45) is 0 Å². The van der Waals surface area contributed by atoms with Gasteiger partial charge in [0.2, 0.25) is 0 Å². The zero-order valence-corrected chi connectivity index (χ0v) is 29.4. The van der Waals surface area contributed by atoms with Crippen molar-refractivity contribution in [1.29, 1.82) is 0 Å². The predicted octanol–water partition coefficient (Wildman–Crippen LogP) is 14.1. The Morgan fingerprint density at radius 2 is 0.704 bits per heavy atom. The van der Waals surface area contributed by atoms with Gasteiger partial charge in [0.25, 0.3) is 0 Å². The normalized spacial score (nSPS) is 11.7. The summed E-state index contributed by atoms with van der Waals surface area (Å²) in [5.41, 5.74) is 9.45. The zero-order chi connectivity index (χ0) is 35.6. The Balaban J connectivity index is 1.08. The lowest BCUT2D eigenvalue weighted by Gasteiger charge is -2.15. The topological polar surface area (TPSA) is 25.8 Å². The molecule has 0 amide bonds. The summed E-state index contributed by atoms with van der Waals surface area (Å²) in [6, 6.07) is 69.7. The maximum Gasteiger partial charge on any atom is 0.0800 e. The highest BCUT2D eigenvalue weighted by molar-refractivity contribution is 6.31. The number of rotatable bonds is 4. The molecule has 0 aliphatic rings. The van der Waals surface area contributed by atoms with E-state index in [4.69, 9.17) is 9.97 Å². The number of aromatic nitrogens is 2. The van der Waals surface area contributed by atoms with Crippen LogP contribution in [0.25, 0.3) is 110 Å². The number of pyridine rings is 2. The van der Waals surface area contributed by atoms with E-state index in [2.05, 4.69) is 194 Å². The molecule has 0 unspecified atom stereocenters. The average Bonchev–Trinajstić information content (AvgIpc) is 3.25. The van der Waals surface area contributed by atoms with Crippen LogP contribution in [0.1, 0.15) is 0 Å². The lowest BCUT2D eigenvalue weighted by atomic mass is 9.92. The average molecular weight is 685 g/mol. The SMILES string of the molecule is c1ccc2cc(-c3cc(-c4ccc(-c5nc6c7ccccc7c7ccccc7c6c6ccccc56)cc4)nc(-c4ccc5ccccc5c4)c3)ccc2c1. The summed E-state index contributed by atoms with van der Waals surface area (Å²) in [6.07, 6.45) is 0. The first kappa shape index (κ1) is 30.5. The molecule has 2 heterocycles. The molecule has 2 aromatic heterocycles. The van der Waals surface area contributed by atoms with Gasteiger partial charge in [-0.1, -0.05) is 170 Å². The molecule has 0 radical (unpaired) electrons. The first-order valence-electron chi connectivity index (χ1n) is 18.5. The van der Waals surface area contributed by atoms with Gasteiger partial charge in [0.05, 0.1) is 22.6 Å². The molecule has 0 atom stereocenters. The second-order valence-corrected chi connectivity index (χ2v) is 14.1. The molecule has 0 saturated carbocycles. The minimum absolute atomic E-state index is 0.934. The third-order valence-electron chi connectivity index (χ3n) is 11.0. The van der Waals surface area contributed by atoms with Gasteiger partial charge in [-0.3, -0.25) is 0 Å². The molecule has 0 aliphatic heterocycles. The smallest absolute Gasteiger partial charge is 0.0800 e. The summed E-state index contributed by atoms with van der Waals surface area (Å²) in [5.74, 6) is 0. The highest BCUT2D eigenvalue weighted by Crippen LogP contribution is 2.41. The maximum absolute atomic E-state index is 5.50. The van der Waals surface area contributed by atoms with E-state index in [1.807, 2.05) is 0 Å². The molecule has 0 saturated heterocycles. The summed E-state index contributed by atoms with van der Waals surface area (Å²) in [4.78, 5) is 10.8. The van der Waals surface area contributed by atoms with E-state index in [0.29, 0.717) is 0 Å². The lowest BCUT2D eigenvalue weighted by molar-refractivity contribution is 1.32. The van der Waals surface area contributed by atoms with Crippen molar-refractivity contribution in [2.45, 2.75) is 0 Å². The van der Waals surface area contributed by atoms with Crippen molar-refractivity contribution in [3.8, 4) is 44.9 Å². The van der Waals surface area contributed by atoms with Gasteiger partial charge in [-0.25, -0.2) is 9.97 Å². The van der Waals surface area contributed by atoms with E-state index in [1.165, 1.54) is 59.4 Å². The standard InChI is InChI=1S/C52H32N2/c1-3-13-37-29-39(27-21-33(37)11-1)41-31-48(53-49(32-41)40-28-22-34-12-2-4-14-38(34)30-40)35-23-25-36(26-24-35)51-47-20-10-8-18-45(47)50-44-17-7-5-15-42(44)43-16-6-9-19-46(43)52(50)54-51/h1-32H. The Bertz CT molecular complexity index is 3170. The quantitative estimate of drug-likeness (QED) is 0.172. The second-order valence-electron chi connectivity index (χ2n) is 14.1. The molecule has 2 heteroatoms. The molecule has 11 aromatic rings. The van der Waals surface area contributed by atoms with Crippen molar-refractivity contribution in [1.82, 2.24) is 9.97 Å². The predicted molar refractivity (Wildman–Crippen MR) is 229 cm³/mol. The Kier molecular flexibility index (Phi) is 6.90. The first-order valence-corrected chi connectivity index (χ1v) is 18.5. The highest BCUT2D eigenvalue weighted by atomic mass is 14.7. The van der Waals surface area contributed by atoms with Crippen LogP contribution in [-0.2, 0) is 0 Å². The molecule has 9 aromatic carbocycles. The number of benzene rings is 9. The monoisotopic (exact) mass is 684 g/mol. The number of hydrogen-bond donors (Lipinski definition) is 0. The molecule has 0 aliphatic carbocycles. The summed E-state index contributed by atoms with van der Waals surface area (Å²) < 4.78 is 0. The first-order chi connectivity index (χ1) is 26.7.